The largest absolute Gasteiger partial charge is 0.370 e. The molecule has 1 aliphatic heterocycles. The van der Waals surface area contributed by atoms with E-state index in [2.05, 4.69) is 25.6 Å². The van der Waals surface area contributed by atoms with Gasteiger partial charge in [-0.15, -0.1) is 0 Å². The summed E-state index contributed by atoms with van der Waals surface area (Å²) in [7, 11) is 0. The predicted molar refractivity (Wildman–Crippen MR) is 84.5 cm³/mol. The minimum atomic E-state index is -0.205. The number of ether oxygens (including phenoxy) is 1. The molecule has 0 bridgehead atoms. The van der Waals surface area contributed by atoms with Crippen molar-refractivity contribution in [1.29, 1.82) is 0 Å². The molecule has 0 saturated carbocycles. The second-order valence-corrected chi connectivity index (χ2v) is 5.53. The molecule has 2 N–H and O–H groups in total. The average molecular weight is 324 g/mol. The highest BCUT2D eigenvalue weighted by Gasteiger charge is 2.32. The summed E-state index contributed by atoms with van der Waals surface area (Å²) in [6, 6.07) is 6.96. The lowest BCUT2D eigenvalue weighted by Crippen LogP contribution is -2.37. The van der Waals surface area contributed by atoms with Crippen LogP contribution in [-0.4, -0.2) is 43.5 Å². The van der Waals surface area contributed by atoms with E-state index >= 15 is 0 Å². The van der Waals surface area contributed by atoms with Gasteiger partial charge in [0.15, 0.2) is 5.82 Å². The summed E-state index contributed by atoms with van der Waals surface area (Å²) in [6.45, 7) is 0.601. The SMILES string of the molecule is O=C(N[C@@H]1CCO[C@H]1c1ccn[nH]1)c1ccnc(-n2cccn2)c1. The van der Waals surface area contributed by atoms with Crippen LogP contribution in [0.25, 0.3) is 5.82 Å². The quantitative estimate of drug-likeness (QED) is 0.753. The zero-order valence-corrected chi connectivity index (χ0v) is 12.8. The van der Waals surface area contributed by atoms with Crippen LogP contribution in [0.2, 0.25) is 0 Å². The lowest BCUT2D eigenvalue weighted by Gasteiger charge is -2.18. The minimum absolute atomic E-state index is 0.0979. The Morgan fingerprint density at radius 1 is 1.33 bits per heavy atom. The average Bonchev–Trinajstić information content (AvgIpc) is 3.36. The number of amides is 1. The summed E-state index contributed by atoms with van der Waals surface area (Å²) >= 11 is 0. The normalized spacial score (nSPS) is 20.2. The highest BCUT2D eigenvalue weighted by atomic mass is 16.5. The summed E-state index contributed by atoms with van der Waals surface area (Å²) in [5, 5.41) is 14.0. The van der Waals surface area contributed by atoms with Gasteiger partial charge in [0.1, 0.15) is 6.10 Å². The molecule has 8 heteroatoms. The zero-order valence-electron chi connectivity index (χ0n) is 12.8. The molecule has 0 aliphatic carbocycles. The number of H-pyrrole nitrogens is 1. The van der Waals surface area contributed by atoms with Crippen LogP contribution in [0.4, 0.5) is 0 Å². The Morgan fingerprint density at radius 2 is 2.29 bits per heavy atom. The minimum Gasteiger partial charge on any atom is -0.370 e. The number of nitrogens with one attached hydrogen (secondary N) is 2. The lowest BCUT2D eigenvalue weighted by molar-refractivity contribution is 0.0807. The van der Waals surface area contributed by atoms with Crippen LogP contribution in [-0.2, 0) is 4.74 Å². The van der Waals surface area contributed by atoms with Crippen molar-refractivity contribution in [2.75, 3.05) is 6.61 Å². The Bertz CT molecular complexity index is 815. The van der Waals surface area contributed by atoms with Gasteiger partial charge in [-0.2, -0.15) is 10.2 Å². The first-order chi connectivity index (χ1) is 11.8. The fourth-order valence-electron chi connectivity index (χ4n) is 2.81. The first-order valence-electron chi connectivity index (χ1n) is 7.69. The maximum Gasteiger partial charge on any atom is 0.251 e. The van der Waals surface area contributed by atoms with E-state index in [4.69, 9.17) is 4.74 Å². The molecule has 24 heavy (non-hydrogen) atoms. The molecule has 0 spiro atoms. The van der Waals surface area contributed by atoms with Gasteiger partial charge in [0.2, 0.25) is 0 Å². The molecule has 1 amide bonds. The van der Waals surface area contributed by atoms with Gasteiger partial charge in [-0.1, -0.05) is 0 Å². The fraction of sp³-hybridized carbons (Fsp3) is 0.250. The molecule has 1 saturated heterocycles. The van der Waals surface area contributed by atoms with Crippen molar-refractivity contribution in [3.05, 3.63) is 60.3 Å². The van der Waals surface area contributed by atoms with Gasteiger partial charge < -0.3 is 10.1 Å². The maximum absolute atomic E-state index is 12.6. The van der Waals surface area contributed by atoms with Gasteiger partial charge >= 0.3 is 0 Å². The molecule has 0 radical (unpaired) electrons. The molecule has 0 aromatic carbocycles. The molecule has 122 valence electrons. The number of pyridine rings is 1. The Labute approximate surface area is 137 Å². The third-order valence-corrected chi connectivity index (χ3v) is 3.98. The van der Waals surface area contributed by atoms with Crippen molar-refractivity contribution in [2.45, 2.75) is 18.6 Å². The number of aromatic amines is 1. The molecule has 4 heterocycles. The van der Waals surface area contributed by atoms with Crippen molar-refractivity contribution in [1.82, 2.24) is 30.3 Å². The van der Waals surface area contributed by atoms with Crippen LogP contribution in [0.5, 0.6) is 0 Å². The third-order valence-electron chi connectivity index (χ3n) is 3.98. The Balaban J connectivity index is 1.51. The number of carbonyl (C=O) groups excluding carboxylic acids is 1. The third kappa shape index (κ3) is 2.79. The van der Waals surface area contributed by atoms with E-state index in [9.17, 15) is 4.79 Å². The number of hydrogen-bond acceptors (Lipinski definition) is 5. The van der Waals surface area contributed by atoms with E-state index in [1.54, 1.807) is 47.7 Å². The van der Waals surface area contributed by atoms with Crippen LogP contribution < -0.4 is 5.32 Å². The van der Waals surface area contributed by atoms with Crippen LogP contribution in [0.3, 0.4) is 0 Å². The van der Waals surface area contributed by atoms with Crippen molar-refractivity contribution >= 4 is 5.91 Å². The van der Waals surface area contributed by atoms with Crippen molar-refractivity contribution < 1.29 is 9.53 Å². The smallest absolute Gasteiger partial charge is 0.251 e. The molecule has 4 rings (SSSR count). The summed E-state index contributed by atoms with van der Waals surface area (Å²) in [4.78, 5) is 16.8. The Hall–Kier alpha value is -3.00. The van der Waals surface area contributed by atoms with Crippen molar-refractivity contribution in [3.63, 3.8) is 0 Å². The van der Waals surface area contributed by atoms with Gasteiger partial charge in [0, 0.05) is 37.0 Å². The van der Waals surface area contributed by atoms with Crippen LogP contribution in [0, 0.1) is 0 Å². The second-order valence-electron chi connectivity index (χ2n) is 5.53. The molecular weight excluding hydrogens is 308 g/mol. The molecule has 0 unspecified atom stereocenters. The molecule has 3 aromatic heterocycles. The molecular formula is C16H16N6O2. The zero-order chi connectivity index (χ0) is 16.4. The number of carbonyl (C=O) groups is 1. The topological polar surface area (TPSA) is 97.7 Å². The van der Waals surface area contributed by atoms with Crippen LogP contribution in [0.1, 0.15) is 28.6 Å². The first kappa shape index (κ1) is 14.6. The van der Waals surface area contributed by atoms with Crippen LogP contribution in [0.15, 0.2) is 49.1 Å². The maximum atomic E-state index is 12.6. The molecule has 2 atom stereocenters. The highest BCUT2D eigenvalue weighted by molar-refractivity contribution is 5.94. The summed E-state index contributed by atoms with van der Waals surface area (Å²) in [5.74, 6) is 0.436. The molecule has 1 aliphatic rings. The molecule has 8 nitrogen and oxygen atoms in total. The lowest BCUT2D eigenvalue weighted by atomic mass is 10.1. The summed E-state index contributed by atoms with van der Waals surface area (Å²) in [5.41, 5.74) is 1.40. The predicted octanol–water partition coefficient (Wildman–Crippen LogP) is 1.25. The Kier molecular flexibility index (Phi) is 3.80. The van der Waals surface area contributed by atoms with E-state index in [0.717, 1.165) is 12.1 Å². The van der Waals surface area contributed by atoms with E-state index < -0.39 is 0 Å². The van der Waals surface area contributed by atoms with Crippen LogP contribution >= 0.6 is 0 Å². The molecule has 3 aromatic rings. The van der Waals surface area contributed by atoms with E-state index in [1.165, 1.54) is 0 Å². The number of rotatable bonds is 4. The number of nitrogens with zero attached hydrogens (tertiary/aromatic N) is 4. The first-order valence-corrected chi connectivity index (χ1v) is 7.69. The standard InChI is InChI=1S/C16H16N6O2/c23-16(11-2-6-17-14(10-11)22-8-1-5-19-22)20-12-4-9-24-15(12)13-3-7-18-21-13/h1-3,5-8,10,12,15H,4,9H2,(H,18,21)(H,20,23)/t12-,15-/m1/s1. The van der Waals surface area contributed by atoms with Crippen molar-refractivity contribution in [2.24, 2.45) is 0 Å². The molecule has 1 fully saturated rings. The second kappa shape index (κ2) is 6.25. The van der Waals surface area contributed by atoms with Crippen molar-refractivity contribution in [3.8, 4) is 5.82 Å². The van der Waals surface area contributed by atoms with Gasteiger partial charge in [-0.3, -0.25) is 9.89 Å². The fourth-order valence-corrected chi connectivity index (χ4v) is 2.81. The summed E-state index contributed by atoms with van der Waals surface area (Å²) < 4.78 is 7.33. The van der Waals surface area contributed by atoms with E-state index in [0.29, 0.717) is 18.0 Å². The number of aromatic nitrogens is 5. The number of hydrogen-bond donors (Lipinski definition) is 2. The Morgan fingerprint density at radius 3 is 3.08 bits per heavy atom. The van der Waals surface area contributed by atoms with E-state index in [-0.39, 0.29) is 18.1 Å². The van der Waals surface area contributed by atoms with Gasteiger partial charge in [-0.05, 0) is 30.7 Å². The van der Waals surface area contributed by atoms with Gasteiger partial charge in [0.25, 0.3) is 5.91 Å². The van der Waals surface area contributed by atoms with Gasteiger partial charge in [0.05, 0.1) is 11.7 Å². The monoisotopic (exact) mass is 324 g/mol. The highest BCUT2D eigenvalue weighted by Crippen LogP contribution is 2.27. The van der Waals surface area contributed by atoms with E-state index in [1.807, 2.05) is 6.07 Å². The van der Waals surface area contributed by atoms with Gasteiger partial charge in [-0.25, -0.2) is 9.67 Å². The summed E-state index contributed by atoms with van der Waals surface area (Å²) in [6.07, 6.45) is 7.27.